The minimum atomic E-state index is -1.31. The van der Waals surface area contributed by atoms with Crippen molar-refractivity contribution in [1.82, 2.24) is 15.0 Å². The van der Waals surface area contributed by atoms with Crippen molar-refractivity contribution in [2.24, 2.45) is 5.73 Å². The lowest BCUT2D eigenvalue weighted by atomic mass is 9.90. The molecule has 0 aliphatic carbocycles. The molecular weight excluding hydrogens is 736 g/mol. The number of hydrogen-bond acceptors (Lipinski definition) is 17. The molecule has 7 N–H and O–H groups in total. The number of carbonyl (C=O) groups excluding carboxylic acids is 1. The summed E-state index contributed by atoms with van der Waals surface area (Å²) in [5.41, 5.74) is 6.45. The predicted molar refractivity (Wildman–Crippen MR) is 196 cm³/mol. The highest BCUT2D eigenvalue weighted by Crippen LogP contribution is 2.51. The molecule has 0 saturated heterocycles. The van der Waals surface area contributed by atoms with Crippen molar-refractivity contribution in [3.05, 3.63) is 83.2 Å². The van der Waals surface area contributed by atoms with Crippen LogP contribution in [0.2, 0.25) is 0 Å². The SMILES string of the molecule is NCCOCCOCCOCCOCCOCCc1cn(CCOC2c3c(O)cc(O)cc3OC(c3cc(O)c(O)c(O)c3)C2OC(=O)c2ccccc2)nn1. The third-order valence-electron chi connectivity index (χ3n) is 8.37. The first-order valence-electron chi connectivity index (χ1n) is 18.1. The summed E-state index contributed by atoms with van der Waals surface area (Å²) < 4.78 is 47.2. The van der Waals surface area contributed by atoms with Crippen molar-refractivity contribution >= 4 is 5.97 Å². The Hall–Kier alpha value is -5.21. The second-order valence-corrected chi connectivity index (χ2v) is 12.4. The van der Waals surface area contributed by atoms with Gasteiger partial charge in [0.1, 0.15) is 23.4 Å². The number of nitrogens with zero attached hydrogens (tertiary/aromatic N) is 3. The van der Waals surface area contributed by atoms with Gasteiger partial charge >= 0.3 is 5.97 Å². The van der Waals surface area contributed by atoms with Gasteiger partial charge in [0.2, 0.25) is 0 Å². The summed E-state index contributed by atoms with van der Waals surface area (Å²) in [7, 11) is 0. The van der Waals surface area contributed by atoms with Gasteiger partial charge in [0.25, 0.3) is 0 Å². The lowest BCUT2D eigenvalue weighted by Crippen LogP contribution is -2.39. The summed E-state index contributed by atoms with van der Waals surface area (Å²) in [6.45, 7) is 5.21. The fourth-order valence-corrected chi connectivity index (χ4v) is 5.70. The Balaban J connectivity index is 1.13. The fraction of sp³-hybridized carbons (Fsp3) is 0.447. The molecule has 0 bridgehead atoms. The zero-order chi connectivity index (χ0) is 39.7. The molecule has 3 unspecified atom stereocenters. The summed E-state index contributed by atoms with van der Waals surface area (Å²) >= 11 is 0. The molecule has 3 atom stereocenters. The van der Waals surface area contributed by atoms with Crippen molar-refractivity contribution in [3.63, 3.8) is 0 Å². The maximum Gasteiger partial charge on any atom is 0.338 e. The molecule has 2 heterocycles. The highest BCUT2D eigenvalue weighted by molar-refractivity contribution is 5.89. The molecule has 0 fully saturated rings. The maximum absolute atomic E-state index is 13.4. The molecule has 1 aliphatic rings. The minimum absolute atomic E-state index is 0.000492. The lowest BCUT2D eigenvalue weighted by molar-refractivity contribution is -0.112. The smallest absolute Gasteiger partial charge is 0.338 e. The van der Waals surface area contributed by atoms with Gasteiger partial charge in [-0.2, -0.15) is 0 Å². The van der Waals surface area contributed by atoms with Crippen LogP contribution in [0.25, 0.3) is 0 Å². The summed E-state index contributed by atoms with van der Waals surface area (Å²) in [4.78, 5) is 13.4. The minimum Gasteiger partial charge on any atom is -0.508 e. The van der Waals surface area contributed by atoms with E-state index in [2.05, 4.69) is 10.3 Å². The molecule has 0 amide bonds. The summed E-state index contributed by atoms with van der Waals surface area (Å²) in [6.07, 6.45) is -1.52. The van der Waals surface area contributed by atoms with E-state index >= 15 is 0 Å². The van der Waals surface area contributed by atoms with E-state index in [9.17, 15) is 30.3 Å². The second-order valence-electron chi connectivity index (χ2n) is 12.4. The number of phenols is 5. The van der Waals surface area contributed by atoms with Crippen LogP contribution < -0.4 is 10.5 Å². The summed E-state index contributed by atoms with van der Waals surface area (Å²) in [5.74, 6) is -3.50. The Labute approximate surface area is 322 Å². The van der Waals surface area contributed by atoms with Crippen LogP contribution in [-0.2, 0) is 46.1 Å². The Morgan fingerprint density at radius 1 is 0.750 bits per heavy atom. The largest absolute Gasteiger partial charge is 0.508 e. The summed E-state index contributed by atoms with van der Waals surface area (Å²) in [6, 6.07) is 12.8. The number of rotatable bonds is 24. The predicted octanol–water partition coefficient (Wildman–Crippen LogP) is 2.51. The highest BCUT2D eigenvalue weighted by Gasteiger charge is 2.45. The third-order valence-corrected chi connectivity index (χ3v) is 8.37. The molecule has 4 aromatic rings. The van der Waals surface area contributed by atoms with E-state index < -0.39 is 41.5 Å². The van der Waals surface area contributed by atoms with Crippen LogP contribution in [0.1, 0.15) is 39.4 Å². The van der Waals surface area contributed by atoms with Crippen molar-refractivity contribution in [2.45, 2.75) is 31.3 Å². The van der Waals surface area contributed by atoms with Gasteiger partial charge in [-0.05, 0) is 24.3 Å². The number of aromatic hydroxyl groups is 5. The monoisotopic (exact) mass is 784 g/mol. The molecule has 0 saturated carbocycles. The van der Waals surface area contributed by atoms with Crippen LogP contribution in [0.4, 0.5) is 0 Å². The molecule has 18 heteroatoms. The average molecular weight is 785 g/mol. The van der Waals surface area contributed by atoms with Crippen LogP contribution in [0.15, 0.2) is 60.8 Å². The van der Waals surface area contributed by atoms with Crippen LogP contribution in [-0.4, -0.2) is 132 Å². The number of benzene rings is 3. The number of aromatic nitrogens is 3. The Kier molecular flexibility index (Phi) is 16.3. The van der Waals surface area contributed by atoms with Gasteiger partial charge in [0.15, 0.2) is 29.5 Å². The average Bonchev–Trinajstić information content (AvgIpc) is 3.64. The van der Waals surface area contributed by atoms with E-state index in [1.807, 2.05) is 0 Å². The fourth-order valence-electron chi connectivity index (χ4n) is 5.70. The molecule has 1 aliphatic heterocycles. The Bertz CT molecular complexity index is 1790. The molecule has 0 radical (unpaired) electrons. The number of esters is 1. The van der Waals surface area contributed by atoms with E-state index in [4.69, 9.17) is 43.6 Å². The van der Waals surface area contributed by atoms with Crippen molar-refractivity contribution < 1.29 is 68.2 Å². The van der Waals surface area contributed by atoms with E-state index in [0.29, 0.717) is 84.7 Å². The number of phenolic OH excluding ortho intramolecular Hbond substituents is 5. The van der Waals surface area contributed by atoms with Gasteiger partial charge in [0.05, 0.1) is 96.0 Å². The van der Waals surface area contributed by atoms with Gasteiger partial charge < -0.3 is 69.2 Å². The topological polar surface area (TPSA) is 249 Å². The molecule has 18 nitrogen and oxygen atoms in total. The molecule has 0 spiro atoms. The van der Waals surface area contributed by atoms with Gasteiger partial charge in [-0.25, -0.2) is 9.48 Å². The first-order valence-corrected chi connectivity index (χ1v) is 18.1. The Morgan fingerprint density at radius 3 is 1.98 bits per heavy atom. The standard InChI is InChI=1S/C38H48N4O14/c39-7-10-50-13-15-52-17-19-53-18-16-51-14-12-49-9-6-27-24-42(41-40-27)8-11-54-36-33-29(44)22-28(43)23-32(33)55-35(26-20-30(45)34(47)31(46)21-26)37(36)56-38(48)25-4-2-1-3-5-25/h1-5,20-24,35-37,43-47H,6-19,39H2. The number of carbonyl (C=O) groups is 1. The van der Waals surface area contributed by atoms with Crippen molar-refractivity contribution in [2.75, 3.05) is 79.2 Å². The van der Waals surface area contributed by atoms with E-state index in [-0.39, 0.29) is 47.1 Å². The molecule has 5 rings (SSSR count). The van der Waals surface area contributed by atoms with E-state index in [1.54, 1.807) is 41.2 Å². The van der Waals surface area contributed by atoms with E-state index in [1.165, 1.54) is 6.07 Å². The van der Waals surface area contributed by atoms with Crippen LogP contribution in [0.5, 0.6) is 34.5 Å². The quantitative estimate of drug-likeness (QED) is 0.0339. The molecule has 56 heavy (non-hydrogen) atoms. The molecule has 1 aromatic heterocycles. The van der Waals surface area contributed by atoms with Gasteiger partial charge in [-0.1, -0.05) is 23.4 Å². The van der Waals surface area contributed by atoms with Crippen LogP contribution >= 0.6 is 0 Å². The molecule has 304 valence electrons. The molecular formula is C38H48N4O14. The maximum atomic E-state index is 13.4. The highest BCUT2D eigenvalue weighted by atomic mass is 16.6. The number of fused-ring (bicyclic) bond motifs is 1. The summed E-state index contributed by atoms with van der Waals surface area (Å²) in [5, 5.41) is 60.3. The normalized spacial score (nSPS) is 16.3. The Morgan fingerprint density at radius 2 is 1.36 bits per heavy atom. The van der Waals surface area contributed by atoms with Crippen molar-refractivity contribution in [3.8, 4) is 34.5 Å². The number of hydrogen-bond donors (Lipinski definition) is 6. The number of nitrogens with two attached hydrogens (primary N) is 1. The zero-order valence-electron chi connectivity index (χ0n) is 30.7. The second kappa shape index (κ2) is 21.8. The van der Waals surface area contributed by atoms with Crippen molar-refractivity contribution in [1.29, 1.82) is 0 Å². The third kappa shape index (κ3) is 12.1. The van der Waals surface area contributed by atoms with E-state index in [0.717, 1.165) is 18.2 Å². The van der Waals surface area contributed by atoms with Gasteiger partial charge in [-0.3, -0.25) is 0 Å². The molecule has 3 aromatic carbocycles. The van der Waals surface area contributed by atoms with Crippen LogP contribution in [0, 0.1) is 0 Å². The van der Waals surface area contributed by atoms with Crippen LogP contribution in [0.3, 0.4) is 0 Å². The number of ether oxygens (including phenoxy) is 8. The zero-order valence-corrected chi connectivity index (χ0v) is 30.7. The lowest BCUT2D eigenvalue weighted by Gasteiger charge is -2.39. The first kappa shape index (κ1) is 41.9. The van der Waals surface area contributed by atoms with Gasteiger partial charge in [0, 0.05) is 36.9 Å². The van der Waals surface area contributed by atoms with Gasteiger partial charge in [-0.15, -0.1) is 5.10 Å². The first-order chi connectivity index (χ1) is 27.2.